The summed E-state index contributed by atoms with van der Waals surface area (Å²) in [5.41, 5.74) is 1.64. The molecule has 0 atom stereocenters. The molecule has 2 rings (SSSR count). The number of carbonyl (C=O) groups excluding carboxylic acids is 1. The van der Waals surface area contributed by atoms with Gasteiger partial charge in [-0.3, -0.25) is 9.63 Å². The van der Waals surface area contributed by atoms with E-state index in [1.165, 1.54) is 19.1 Å². The van der Waals surface area contributed by atoms with E-state index in [0.717, 1.165) is 12.0 Å². The molecule has 116 valence electrons. The summed E-state index contributed by atoms with van der Waals surface area (Å²) in [6.07, 6.45) is 0.743. The summed E-state index contributed by atoms with van der Waals surface area (Å²) in [6, 6.07) is 4.80. The summed E-state index contributed by atoms with van der Waals surface area (Å²) < 4.78 is 24.3. The number of carbonyl (C=O) groups is 1. The molecule has 21 heavy (non-hydrogen) atoms. The molecule has 1 aromatic carbocycles. The van der Waals surface area contributed by atoms with Crippen LogP contribution in [0.4, 0.5) is 5.69 Å². The molecule has 0 aliphatic carbocycles. The van der Waals surface area contributed by atoms with E-state index < -0.39 is 10.0 Å². The summed E-state index contributed by atoms with van der Waals surface area (Å²) >= 11 is 0. The molecule has 1 aliphatic rings. The highest BCUT2D eigenvalue weighted by molar-refractivity contribution is 7.89. The fourth-order valence-electron chi connectivity index (χ4n) is 2.18. The largest absolute Gasteiger partial charge is 0.312 e. The quantitative estimate of drug-likeness (QED) is 0.835. The Bertz CT molecular complexity index is 640. The van der Waals surface area contributed by atoms with Gasteiger partial charge in [-0.1, -0.05) is 24.8 Å². The van der Waals surface area contributed by atoms with Gasteiger partial charge in [-0.15, -0.1) is 0 Å². The van der Waals surface area contributed by atoms with Crippen molar-refractivity contribution in [2.24, 2.45) is 5.92 Å². The standard InChI is InChI=1S/C14H20N2O4S/c1-10(2)9-20-15-21(18,19)13-5-4-12-6-7-16(11(3)17)14(12)8-13/h4-5,8,10,15H,6-7,9H2,1-3H3. The van der Waals surface area contributed by atoms with Crippen LogP contribution in [0.2, 0.25) is 0 Å². The highest BCUT2D eigenvalue weighted by Crippen LogP contribution is 2.30. The van der Waals surface area contributed by atoms with Crippen molar-refractivity contribution in [3.63, 3.8) is 0 Å². The highest BCUT2D eigenvalue weighted by atomic mass is 32.2. The Hall–Kier alpha value is -1.44. The number of nitrogens with zero attached hydrogens (tertiary/aromatic N) is 1. The number of anilines is 1. The zero-order valence-corrected chi connectivity index (χ0v) is 13.2. The lowest BCUT2D eigenvalue weighted by atomic mass is 10.2. The minimum atomic E-state index is -3.74. The molecule has 1 N–H and O–H groups in total. The summed E-state index contributed by atoms with van der Waals surface area (Å²) in [6.45, 7) is 6.21. The van der Waals surface area contributed by atoms with Gasteiger partial charge < -0.3 is 4.90 Å². The maximum Gasteiger partial charge on any atom is 0.262 e. The van der Waals surface area contributed by atoms with Crippen molar-refractivity contribution >= 4 is 21.6 Å². The number of sulfonamides is 1. The minimum absolute atomic E-state index is 0.0904. The van der Waals surface area contributed by atoms with Crippen LogP contribution in [0, 0.1) is 5.92 Å². The van der Waals surface area contributed by atoms with Crippen molar-refractivity contribution < 1.29 is 18.0 Å². The normalized spacial score (nSPS) is 14.6. The van der Waals surface area contributed by atoms with Crippen molar-refractivity contribution in [3.05, 3.63) is 23.8 Å². The average molecular weight is 312 g/mol. The Kier molecular flexibility index (Phi) is 4.65. The zero-order chi connectivity index (χ0) is 15.6. The molecule has 0 saturated carbocycles. The number of nitrogens with one attached hydrogen (secondary N) is 1. The van der Waals surface area contributed by atoms with E-state index in [1.54, 1.807) is 11.0 Å². The smallest absolute Gasteiger partial charge is 0.262 e. The molecular formula is C14H20N2O4S. The van der Waals surface area contributed by atoms with E-state index in [0.29, 0.717) is 18.8 Å². The van der Waals surface area contributed by atoms with Crippen LogP contribution in [-0.2, 0) is 26.1 Å². The van der Waals surface area contributed by atoms with Gasteiger partial charge in [0.15, 0.2) is 0 Å². The molecule has 7 heteroatoms. The second-order valence-corrected chi connectivity index (χ2v) is 7.15. The lowest BCUT2D eigenvalue weighted by molar-refractivity contribution is -0.116. The van der Waals surface area contributed by atoms with E-state index >= 15 is 0 Å². The van der Waals surface area contributed by atoms with Gasteiger partial charge >= 0.3 is 0 Å². The lowest BCUT2D eigenvalue weighted by Gasteiger charge is -2.16. The molecular weight excluding hydrogens is 292 g/mol. The Labute approximate surface area is 125 Å². The van der Waals surface area contributed by atoms with E-state index in [9.17, 15) is 13.2 Å². The van der Waals surface area contributed by atoms with Gasteiger partial charge in [0.1, 0.15) is 0 Å². The fraction of sp³-hybridized carbons (Fsp3) is 0.500. The first-order chi connectivity index (χ1) is 9.81. The molecule has 1 heterocycles. The molecule has 1 aromatic rings. The molecule has 0 saturated heterocycles. The Morgan fingerprint density at radius 3 is 2.76 bits per heavy atom. The maximum atomic E-state index is 12.2. The number of benzene rings is 1. The van der Waals surface area contributed by atoms with Crippen LogP contribution in [0.15, 0.2) is 23.1 Å². The summed E-state index contributed by atoms with van der Waals surface area (Å²) in [5, 5.41) is 0. The van der Waals surface area contributed by atoms with Crippen LogP contribution in [0.25, 0.3) is 0 Å². The first-order valence-corrected chi connectivity index (χ1v) is 8.34. The van der Waals surface area contributed by atoms with Gasteiger partial charge in [0.05, 0.1) is 11.5 Å². The number of fused-ring (bicyclic) bond motifs is 1. The molecule has 0 radical (unpaired) electrons. The Morgan fingerprint density at radius 2 is 2.14 bits per heavy atom. The first-order valence-electron chi connectivity index (χ1n) is 6.86. The van der Waals surface area contributed by atoms with Gasteiger partial charge in [-0.25, -0.2) is 8.42 Å². The molecule has 1 amide bonds. The molecule has 0 aromatic heterocycles. The maximum absolute atomic E-state index is 12.2. The van der Waals surface area contributed by atoms with E-state index in [-0.39, 0.29) is 16.7 Å². The molecule has 1 aliphatic heterocycles. The van der Waals surface area contributed by atoms with Crippen molar-refractivity contribution in [1.82, 2.24) is 4.89 Å². The number of hydrogen-bond acceptors (Lipinski definition) is 4. The fourth-order valence-corrected chi connectivity index (χ4v) is 3.01. The van der Waals surface area contributed by atoms with Gasteiger partial charge in [-0.2, -0.15) is 0 Å². The summed E-state index contributed by atoms with van der Waals surface area (Å²) in [5.74, 6) is 0.133. The number of hydrogen-bond donors (Lipinski definition) is 1. The lowest BCUT2D eigenvalue weighted by Crippen LogP contribution is -2.27. The van der Waals surface area contributed by atoms with Crippen molar-refractivity contribution in [1.29, 1.82) is 0 Å². The van der Waals surface area contributed by atoms with Gasteiger partial charge in [0, 0.05) is 19.2 Å². The predicted octanol–water partition coefficient (Wildman–Crippen LogP) is 1.46. The molecule has 0 bridgehead atoms. The second kappa shape index (κ2) is 6.13. The van der Waals surface area contributed by atoms with Crippen LogP contribution < -0.4 is 9.79 Å². The van der Waals surface area contributed by atoms with E-state index in [1.807, 2.05) is 13.8 Å². The molecule has 6 nitrogen and oxygen atoms in total. The zero-order valence-electron chi connectivity index (χ0n) is 12.4. The van der Waals surface area contributed by atoms with E-state index in [4.69, 9.17) is 4.84 Å². The Morgan fingerprint density at radius 1 is 1.43 bits per heavy atom. The summed E-state index contributed by atoms with van der Waals surface area (Å²) in [4.78, 5) is 20.3. The predicted molar refractivity (Wildman–Crippen MR) is 79.3 cm³/mol. The number of rotatable bonds is 5. The molecule has 0 fully saturated rings. The number of amides is 1. The van der Waals surface area contributed by atoms with Crippen LogP contribution in [-0.4, -0.2) is 27.5 Å². The minimum Gasteiger partial charge on any atom is -0.312 e. The van der Waals surface area contributed by atoms with Crippen LogP contribution in [0.5, 0.6) is 0 Å². The molecule has 0 spiro atoms. The third-order valence-corrected chi connectivity index (χ3v) is 4.44. The highest BCUT2D eigenvalue weighted by Gasteiger charge is 2.25. The molecule has 0 unspecified atom stereocenters. The van der Waals surface area contributed by atoms with Crippen LogP contribution in [0.1, 0.15) is 26.3 Å². The van der Waals surface area contributed by atoms with Crippen LogP contribution >= 0.6 is 0 Å². The first kappa shape index (κ1) is 15.9. The average Bonchev–Trinajstić information content (AvgIpc) is 2.80. The monoisotopic (exact) mass is 312 g/mol. The SMILES string of the molecule is CC(=O)N1CCc2ccc(S(=O)(=O)NOCC(C)C)cc21. The van der Waals surface area contributed by atoms with E-state index in [2.05, 4.69) is 4.89 Å². The third kappa shape index (κ3) is 3.61. The Balaban J connectivity index is 2.21. The third-order valence-electron chi connectivity index (χ3n) is 3.23. The van der Waals surface area contributed by atoms with Crippen molar-refractivity contribution in [2.45, 2.75) is 32.1 Å². The topological polar surface area (TPSA) is 75.7 Å². The van der Waals surface area contributed by atoms with Gasteiger partial charge in [-0.05, 0) is 30.0 Å². The van der Waals surface area contributed by atoms with Crippen LogP contribution in [0.3, 0.4) is 0 Å². The summed E-state index contributed by atoms with van der Waals surface area (Å²) in [7, 11) is -3.74. The van der Waals surface area contributed by atoms with Gasteiger partial charge in [0.2, 0.25) is 5.91 Å². The van der Waals surface area contributed by atoms with Crippen molar-refractivity contribution in [2.75, 3.05) is 18.1 Å². The van der Waals surface area contributed by atoms with Crippen molar-refractivity contribution in [3.8, 4) is 0 Å². The van der Waals surface area contributed by atoms with Gasteiger partial charge in [0.25, 0.3) is 10.0 Å². The second-order valence-electron chi connectivity index (χ2n) is 5.50.